The SMILES string of the molecule is CCCC(CN)N1CCCOc2ccccc21. The highest BCUT2D eigenvalue weighted by molar-refractivity contribution is 5.59. The molecule has 0 saturated heterocycles. The van der Waals surface area contributed by atoms with Crippen LogP contribution in [0.2, 0.25) is 0 Å². The van der Waals surface area contributed by atoms with E-state index in [-0.39, 0.29) is 0 Å². The van der Waals surface area contributed by atoms with E-state index in [0.717, 1.165) is 31.7 Å². The van der Waals surface area contributed by atoms with Crippen molar-refractivity contribution in [3.8, 4) is 5.75 Å². The van der Waals surface area contributed by atoms with Gasteiger partial charge in [-0.3, -0.25) is 0 Å². The lowest BCUT2D eigenvalue weighted by Crippen LogP contribution is -2.41. The summed E-state index contributed by atoms with van der Waals surface area (Å²) in [5.74, 6) is 1.000. The van der Waals surface area contributed by atoms with Crippen LogP contribution in [0.15, 0.2) is 24.3 Å². The molecule has 1 aliphatic heterocycles. The number of fused-ring (bicyclic) bond motifs is 1. The number of benzene rings is 1. The summed E-state index contributed by atoms with van der Waals surface area (Å²) in [7, 11) is 0. The maximum atomic E-state index is 5.92. The molecular formula is C14H22N2O. The van der Waals surface area contributed by atoms with Crippen molar-refractivity contribution in [2.45, 2.75) is 32.2 Å². The molecule has 1 atom stereocenters. The number of ether oxygens (including phenoxy) is 1. The first-order valence-electron chi connectivity index (χ1n) is 6.55. The van der Waals surface area contributed by atoms with Crippen molar-refractivity contribution in [1.82, 2.24) is 0 Å². The molecular weight excluding hydrogens is 212 g/mol. The summed E-state index contributed by atoms with van der Waals surface area (Å²) in [6.07, 6.45) is 3.38. The molecule has 1 aromatic carbocycles. The highest BCUT2D eigenvalue weighted by Crippen LogP contribution is 2.32. The maximum absolute atomic E-state index is 5.92. The zero-order valence-corrected chi connectivity index (χ0v) is 10.6. The van der Waals surface area contributed by atoms with Crippen LogP contribution < -0.4 is 15.4 Å². The number of nitrogens with zero attached hydrogens (tertiary/aromatic N) is 1. The van der Waals surface area contributed by atoms with Crippen LogP contribution in [-0.2, 0) is 0 Å². The molecule has 17 heavy (non-hydrogen) atoms. The van der Waals surface area contributed by atoms with Crippen LogP contribution in [0.1, 0.15) is 26.2 Å². The van der Waals surface area contributed by atoms with E-state index < -0.39 is 0 Å². The monoisotopic (exact) mass is 234 g/mol. The van der Waals surface area contributed by atoms with Crippen molar-refractivity contribution < 1.29 is 4.74 Å². The largest absolute Gasteiger partial charge is 0.491 e. The second-order valence-corrected chi connectivity index (χ2v) is 4.54. The summed E-state index contributed by atoms with van der Waals surface area (Å²) in [6, 6.07) is 8.72. The van der Waals surface area contributed by atoms with Crippen molar-refractivity contribution in [2.24, 2.45) is 5.73 Å². The molecule has 0 aliphatic carbocycles. The molecule has 94 valence electrons. The highest BCUT2D eigenvalue weighted by Gasteiger charge is 2.21. The van der Waals surface area contributed by atoms with E-state index in [1.807, 2.05) is 12.1 Å². The predicted octanol–water partition coefficient (Wildman–Crippen LogP) is 2.40. The van der Waals surface area contributed by atoms with Crippen LogP contribution in [0.4, 0.5) is 5.69 Å². The van der Waals surface area contributed by atoms with Crippen LogP contribution >= 0.6 is 0 Å². The van der Waals surface area contributed by atoms with Gasteiger partial charge in [-0.2, -0.15) is 0 Å². The molecule has 1 aliphatic rings. The van der Waals surface area contributed by atoms with Crippen LogP contribution in [0.5, 0.6) is 5.75 Å². The van der Waals surface area contributed by atoms with Crippen LogP contribution in [0.3, 0.4) is 0 Å². The van der Waals surface area contributed by atoms with E-state index in [9.17, 15) is 0 Å². The molecule has 1 unspecified atom stereocenters. The summed E-state index contributed by atoms with van der Waals surface area (Å²) in [6.45, 7) is 4.76. The molecule has 0 amide bonds. The first-order chi connectivity index (χ1) is 8.36. The maximum Gasteiger partial charge on any atom is 0.142 e. The van der Waals surface area contributed by atoms with Crippen LogP contribution in [0.25, 0.3) is 0 Å². The van der Waals surface area contributed by atoms with Crippen molar-refractivity contribution in [3.05, 3.63) is 24.3 Å². The average molecular weight is 234 g/mol. The van der Waals surface area contributed by atoms with Crippen molar-refractivity contribution in [2.75, 3.05) is 24.6 Å². The number of hydrogen-bond donors (Lipinski definition) is 1. The number of nitrogens with two attached hydrogens (primary N) is 1. The molecule has 0 spiro atoms. The average Bonchev–Trinajstić information content (AvgIpc) is 2.58. The lowest BCUT2D eigenvalue weighted by Gasteiger charge is -2.32. The topological polar surface area (TPSA) is 38.5 Å². The van der Waals surface area contributed by atoms with Crippen molar-refractivity contribution in [1.29, 1.82) is 0 Å². The molecule has 0 aromatic heterocycles. The normalized spacial score (nSPS) is 16.9. The lowest BCUT2D eigenvalue weighted by atomic mass is 10.1. The number of rotatable bonds is 4. The highest BCUT2D eigenvalue weighted by atomic mass is 16.5. The third-order valence-electron chi connectivity index (χ3n) is 3.31. The summed E-state index contributed by atoms with van der Waals surface area (Å²) in [5.41, 5.74) is 7.12. The Morgan fingerprint density at radius 3 is 3.00 bits per heavy atom. The first kappa shape index (κ1) is 12.2. The van der Waals surface area contributed by atoms with Crippen LogP contribution in [0, 0.1) is 0 Å². The number of hydrogen-bond acceptors (Lipinski definition) is 3. The first-order valence-corrected chi connectivity index (χ1v) is 6.55. The van der Waals surface area contributed by atoms with Crippen molar-refractivity contribution in [3.63, 3.8) is 0 Å². The minimum atomic E-state index is 0.433. The van der Waals surface area contributed by atoms with E-state index in [0.29, 0.717) is 12.6 Å². The summed E-state index contributed by atoms with van der Waals surface area (Å²) < 4.78 is 5.77. The van der Waals surface area contributed by atoms with Crippen LogP contribution in [-0.4, -0.2) is 25.7 Å². The van der Waals surface area contributed by atoms with Gasteiger partial charge in [-0.15, -0.1) is 0 Å². The van der Waals surface area contributed by atoms with Gasteiger partial charge in [0.25, 0.3) is 0 Å². The van der Waals surface area contributed by atoms with E-state index in [4.69, 9.17) is 10.5 Å². The predicted molar refractivity (Wildman–Crippen MR) is 71.7 cm³/mol. The van der Waals surface area contributed by atoms with Gasteiger partial charge >= 0.3 is 0 Å². The van der Waals surface area contributed by atoms with Gasteiger partial charge in [0, 0.05) is 19.1 Å². The molecule has 0 bridgehead atoms. The van der Waals surface area contributed by atoms with Gasteiger partial charge in [-0.25, -0.2) is 0 Å². The van der Waals surface area contributed by atoms with Gasteiger partial charge in [0.1, 0.15) is 5.75 Å². The third-order valence-corrected chi connectivity index (χ3v) is 3.31. The molecule has 0 fully saturated rings. The Kier molecular flexibility index (Phi) is 4.26. The summed E-state index contributed by atoms with van der Waals surface area (Å²) in [5, 5.41) is 0. The molecule has 2 N–H and O–H groups in total. The minimum absolute atomic E-state index is 0.433. The minimum Gasteiger partial charge on any atom is -0.491 e. The molecule has 3 heteroatoms. The lowest BCUT2D eigenvalue weighted by molar-refractivity contribution is 0.322. The Bertz CT molecular complexity index is 354. The fourth-order valence-electron chi connectivity index (χ4n) is 2.47. The number of para-hydroxylation sites is 2. The Morgan fingerprint density at radius 2 is 2.24 bits per heavy atom. The smallest absolute Gasteiger partial charge is 0.142 e. The summed E-state index contributed by atoms with van der Waals surface area (Å²) >= 11 is 0. The molecule has 0 saturated carbocycles. The van der Waals surface area contributed by atoms with E-state index in [1.165, 1.54) is 12.1 Å². The van der Waals surface area contributed by atoms with Gasteiger partial charge in [-0.05, 0) is 25.0 Å². The molecule has 0 radical (unpaired) electrons. The Labute approximate surface area is 104 Å². The second kappa shape index (κ2) is 5.92. The summed E-state index contributed by atoms with van der Waals surface area (Å²) in [4.78, 5) is 2.42. The Hall–Kier alpha value is -1.22. The molecule has 2 rings (SSSR count). The standard InChI is InChI=1S/C14H22N2O/c1-2-6-12(11-15)16-9-5-10-17-14-8-4-3-7-13(14)16/h3-4,7-8,12H,2,5-6,9-11,15H2,1H3. The third kappa shape index (κ3) is 2.72. The van der Waals surface area contributed by atoms with Crippen molar-refractivity contribution >= 4 is 5.69 Å². The Morgan fingerprint density at radius 1 is 1.41 bits per heavy atom. The van der Waals surface area contributed by atoms with Gasteiger partial charge in [-0.1, -0.05) is 25.5 Å². The van der Waals surface area contributed by atoms with E-state index >= 15 is 0 Å². The quantitative estimate of drug-likeness (QED) is 0.869. The molecule has 1 heterocycles. The van der Waals surface area contributed by atoms with Gasteiger partial charge in [0.05, 0.1) is 12.3 Å². The zero-order chi connectivity index (χ0) is 12.1. The fraction of sp³-hybridized carbons (Fsp3) is 0.571. The Balaban J connectivity index is 2.26. The molecule has 3 nitrogen and oxygen atoms in total. The fourth-order valence-corrected chi connectivity index (χ4v) is 2.47. The van der Waals surface area contributed by atoms with Gasteiger partial charge in [0.15, 0.2) is 0 Å². The zero-order valence-electron chi connectivity index (χ0n) is 10.6. The van der Waals surface area contributed by atoms with Gasteiger partial charge in [0.2, 0.25) is 0 Å². The van der Waals surface area contributed by atoms with E-state index in [2.05, 4.69) is 24.0 Å². The van der Waals surface area contributed by atoms with Gasteiger partial charge < -0.3 is 15.4 Å². The second-order valence-electron chi connectivity index (χ2n) is 4.54. The molecule has 1 aromatic rings. The van der Waals surface area contributed by atoms with E-state index in [1.54, 1.807) is 0 Å². The number of anilines is 1.